The van der Waals surface area contributed by atoms with Crippen molar-refractivity contribution in [2.75, 3.05) is 20.8 Å². The molecule has 1 atom stereocenters. The lowest BCUT2D eigenvalue weighted by Crippen LogP contribution is -2.85. The van der Waals surface area contributed by atoms with E-state index in [4.69, 9.17) is 28.8 Å². The Kier molecular flexibility index (Phi) is 11.1. The van der Waals surface area contributed by atoms with Crippen LogP contribution in [0.15, 0.2) is 24.3 Å². The number of nitrogens with two attached hydrogens (primary N) is 1. The van der Waals surface area contributed by atoms with Crippen molar-refractivity contribution in [1.82, 2.24) is 0 Å². The van der Waals surface area contributed by atoms with Crippen molar-refractivity contribution in [3.63, 3.8) is 0 Å². The molecular weight excluding hydrogens is 383 g/mol. The number of para-hydroxylation sites is 1. The van der Waals surface area contributed by atoms with E-state index in [0.717, 1.165) is 12.8 Å². The quantitative estimate of drug-likeness (QED) is 0.192. The average molecular weight is 406 g/mol. The summed E-state index contributed by atoms with van der Waals surface area (Å²) < 4.78 is 22.8. The van der Waals surface area contributed by atoms with E-state index in [1.165, 1.54) is 20.3 Å². The minimum absolute atomic E-state index is 0.0791. The number of aliphatic carboxylic acids is 2. The SMILES string of the molecule is CCCC[NH2+]C(c1ccccc1[N+](=O)[O-])P(=O)(OC)OC.O=C([O-])C(=O)O. The van der Waals surface area contributed by atoms with Gasteiger partial charge in [-0.1, -0.05) is 25.5 Å². The molecule has 0 spiro atoms. The summed E-state index contributed by atoms with van der Waals surface area (Å²) in [6, 6.07) is 6.25. The van der Waals surface area contributed by atoms with E-state index in [2.05, 4.69) is 0 Å². The van der Waals surface area contributed by atoms with E-state index < -0.39 is 30.2 Å². The summed E-state index contributed by atoms with van der Waals surface area (Å²) in [7, 11) is -0.897. The van der Waals surface area contributed by atoms with Gasteiger partial charge in [-0.3, -0.25) is 14.7 Å². The molecule has 11 nitrogen and oxygen atoms in total. The maximum atomic E-state index is 12.7. The van der Waals surface area contributed by atoms with Crippen LogP contribution in [0.3, 0.4) is 0 Å². The second kappa shape index (κ2) is 12.1. The standard InChI is InChI=1S/C13H21N2O5P.C2H2O4/c1-4-5-10-14-13(21(18,19-2)20-3)11-8-6-7-9-12(11)15(16)17;3-1(4)2(5)6/h6-9,13-14H,4-5,10H2,1-3H3;(H,3,4)(H,5,6). The van der Waals surface area contributed by atoms with E-state index >= 15 is 0 Å². The van der Waals surface area contributed by atoms with Crippen LogP contribution in [0, 0.1) is 10.1 Å². The lowest BCUT2D eigenvalue weighted by molar-refractivity contribution is -0.678. The summed E-state index contributed by atoms with van der Waals surface area (Å²) in [6.45, 7) is 2.73. The largest absolute Gasteiger partial charge is 0.539 e. The number of rotatable bonds is 9. The lowest BCUT2D eigenvalue weighted by atomic mass is 10.1. The number of carboxylic acids is 2. The third kappa shape index (κ3) is 7.83. The molecule has 0 aromatic heterocycles. The summed E-state index contributed by atoms with van der Waals surface area (Å²) in [6.07, 6.45) is 1.88. The van der Waals surface area contributed by atoms with Crippen LogP contribution < -0.4 is 10.4 Å². The third-order valence-electron chi connectivity index (χ3n) is 3.42. The van der Waals surface area contributed by atoms with E-state index in [0.29, 0.717) is 12.1 Å². The zero-order valence-corrected chi connectivity index (χ0v) is 16.1. The van der Waals surface area contributed by atoms with Crippen molar-refractivity contribution >= 4 is 25.2 Å². The molecule has 0 aliphatic carbocycles. The Labute approximate surface area is 156 Å². The highest BCUT2D eigenvalue weighted by molar-refractivity contribution is 7.53. The second-order valence-corrected chi connectivity index (χ2v) is 7.50. The van der Waals surface area contributed by atoms with Gasteiger partial charge in [-0.25, -0.2) is 4.79 Å². The van der Waals surface area contributed by atoms with Gasteiger partial charge in [0, 0.05) is 20.3 Å². The number of quaternary nitrogens is 1. The minimum atomic E-state index is -3.48. The molecule has 1 aromatic carbocycles. The molecule has 0 heterocycles. The highest BCUT2D eigenvalue weighted by atomic mass is 31.2. The van der Waals surface area contributed by atoms with Gasteiger partial charge < -0.3 is 29.4 Å². The Bertz CT molecular complexity index is 676. The van der Waals surface area contributed by atoms with E-state index in [1.807, 2.05) is 6.92 Å². The lowest BCUT2D eigenvalue weighted by Gasteiger charge is -2.22. The normalized spacial score (nSPS) is 11.8. The number of carboxylic acid groups (broad SMARTS) is 2. The maximum Gasteiger partial charge on any atom is 0.392 e. The van der Waals surface area contributed by atoms with Crippen LogP contribution in [0.4, 0.5) is 5.69 Å². The number of nitro groups is 1. The molecule has 0 aliphatic heterocycles. The molecule has 12 heteroatoms. The third-order valence-corrected chi connectivity index (χ3v) is 5.61. The number of hydrogen-bond acceptors (Lipinski definition) is 8. The highest BCUT2D eigenvalue weighted by Gasteiger charge is 2.42. The van der Waals surface area contributed by atoms with Crippen LogP contribution >= 0.6 is 7.60 Å². The van der Waals surface area contributed by atoms with Crippen molar-refractivity contribution in [1.29, 1.82) is 0 Å². The Morgan fingerprint density at radius 3 is 2.22 bits per heavy atom. The summed E-state index contributed by atoms with van der Waals surface area (Å²) >= 11 is 0. The molecule has 0 fully saturated rings. The van der Waals surface area contributed by atoms with Gasteiger partial charge in [0.05, 0.1) is 17.0 Å². The molecule has 0 aliphatic rings. The summed E-state index contributed by atoms with van der Waals surface area (Å²) in [5, 5.41) is 29.3. The first-order chi connectivity index (χ1) is 12.6. The molecule has 0 saturated heterocycles. The summed E-state index contributed by atoms with van der Waals surface area (Å²) in [4.78, 5) is 28.7. The number of unbranched alkanes of at least 4 members (excludes halogenated alkanes) is 1. The van der Waals surface area contributed by atoms with Gasteiger partial charge in [0.2, 0.25) is 5.78 Å². The number of carbonyl (C=O) groups is 2. The predicted molar refractivity (Wildman–Crippen MR) is 91.8 cm³/mol. The zero-order valence-electron chi connectivity index (χ0n) is 15.2. The van der Waals surface area contributed by atoms with Gasteiger partial charge in [-0.2, -0.15) is 0 Å². The molecule has 0 bridgehead atoms. The molecule has 3 N–H and O–H groups in total. The minimum Gasteiger partial charge on any atom is -0.539 e. The van der Waals surface area contributed by atoms with Crippen LogP contribution in [0.25, 0.3) is 0 Å². The number of carbonyl (C=O) groups excluding carboxylic acids is 1. The van der Waals surface area contributed by atoms with Crippen molar-refractivity contribution in [2.24, 2.45) is 0 Å². The predicted octanol–water partition coefficient (Wildman–Crippen LogP) is 0.264. The number of hydrogen-bond donors (Lipinski definition) is 2. The Morgan fingerprint density at radius 1 is 1.30 bits per heavy atom. The zero-order chi connectivity index (χ0) is 21.0. The first kappa shape index (κ1) is 24.7. The smallest absolute Gasteiger partial charge is 0.392 e. The van der Waals surface area contributed by atoms with Crippen LogP contribution in [0.5, 0.6) is 0 Å². The fraction of sp³-hybridized carbons (Fsp3) is 0.467. The topological polar surface area (TPSA) is 173 Å². The van der Waals surface area contributed by atoms with Crippen molar-refractivity contribution in [2.45, 2.75) is 25.5 Å². The molecule has 0 radical (unpaired) electrons. The molecule has 152 valence electrons. The Hall–Kier alpha value is -2.33. The van der Waals surface area contributed by atoms with Crippen LogP contribution in [-0.2, 0) is 23.2 Å². The Balaban J connectivity index is 0.000000972. The van der Waals surface area contributed by atoms with Crippen molar-refractivity contribution in [3.8, 4) is 0 Å². The van der Waals surface area contributed by atoms with Gasteiger partial charge in [0.1, 0.15) is 0 Å². The highest BCUT2D eigenvalue weighted by Crippen LogP contribution is 2.57. The fourth-order valence-electron chi connectivity index (χ4n) is 2.11. The monoisotopic (exact) mass is 406 g/mol. The molecule has 1 rings (SSSR count). The summed E-state index contributed by atoms with van der Waals surface area (Å²) in [5.74, 6) is -4.76. The van der Waals surface area contributed by atoms with Gasteiger partial charge in [-0.15, -0.1) is 0 Å². The summed E-state index contributed by atoms with van der Waals surface area (Å²) in [5.41, 5.74) is 0.273. The molecule has 0 amide bonds. The van der Waals surface area contributed by atoms with Gasteiger partial charge in [0.15, 0.2) is 5.97 Å². The van der Waals surface area contributed by atoms with Crippen molar-refractivity contribution in [3.05, 3.63) is 39.9 Å². The molecule has 0 saturated carbocycles. The maximum absolute atomic E-state index is 12.7. The fourth-order valence-corrected chi connectivity index (χ4v) is 3.68. The van der Waals surface area contributed by atoms with Crippen LogP contribution in [0.1, 0.15) is 31.1 Å². The number of benzene rings is 1. The molecule has 27 heavy (non-hydrogen) atoms. The molecule has 1 aromatic rings. The second-order valence-electron chi connectivity index (χ2n) is 5.14. The van der Waals surface area contributed by atoms with E-state index in [-0.39, 0.29) is 5.69 Å². The average Bonchev–Trinajstić information content (AvgIpc) is 2.65. The number of nitro benzene ring substituents is 1. The van der Waals surface area contributed by atoms with Crippen LogP contribution in [0.2, 0.25) is 0 Å². The Morgan fingerprint density at radius 2 is 1.81 bits per heavy atom. The first-order valence-corrected chi connectivity index (χ1v) is 9.47. The molecule has 1 unspecified atom stereocenters. The first-order valence-electron chi connectivity index (χ1n) is 7.86. The van der Waals surface area contributed by atoms with Gasteiger partial charge >= 0.3 is 13.6 Å². The van der Waals surface area contributed by atoms with Crippen molar-refractivity contribution < 1.29 is 43.7 Å². The van der Waals surface area contributed by atoms with E-state index in [9.17, 15) is 14.7 Å². The van der Waals surface area contributed by atoms with Gasteiger partial charge in [0.25, 0.3) is 5.69 Å². The molecular formula is C15H23N2O9P. The van der Waals surface area contributed by atoms with Gasteiger partial charge in [-0.05, 0) is 12.5 Å². The number of nitrogens with zero attached hydrogens (tertiary/aromatic N) is 1. The van der Waals surface area contributed by atoms with E-state index in [1.54, 1.807) is 23.5 Å². The van der Waals surface area contributed by atoms with Crippen LogP contribution in [-0.4, -0.2) is 42.7 Å².